The van der Waals surface area contributed by atoms with E-state index >= 15 is 0 Å². The van der Waals surface area contributed by atoms with E-state index in [1.54, 1.807) is 7.11 Å². The molecule has 1 rings (SSSR count). The van der Waals surface area contributed by atoms with Crippen LogP contribution in [0.2, 0.25) is 0 Å². The third-order valence-electron chi connectivity index (χ3n) is 3.23. The number of rotatable bonds is 8. The van der Waals surface area contributed by atoms with Crippen LogP contribution in [0.4, 0.5) is 0 Å². The van der Waals surface area contributed by atoms with E-state index in [-0.39, 0.29) is 11.5 Å². The van der Waals surface area contributed by atoms with E-state index in [1.165, 1.54) is 6.42 Å². The zero-order valence-electron chi connectivity index (χ0n) is 10.5. The van der Waals surface area contributed by atoms with E-state index in [2.05, 4.69) is 17.6 Å². The summed E-state index contributed by atoms with van der Waals surface area (Å²) in [6, 6.07) is 0. The second-order valence-electron chi connectivity index (χ2n) is 4.52. The maximum Gasteiger partial charge on any atom is 0.222 e. The van der Waals surface area contributed by atoms with Crippen molar-refractivity contribution in [3.8, 4) is 0 Å². The highest BCUT2D eigenvalue weighted by molar-refractivity contribution is 5.77. The summed E-state index contributed by atoms with van der Waals surface area (Å²) >= 11 is 0. The smallest absolute Gasteiger partial charge is 0.222 e. The van der Waals surface area contributed by atoms with Gasteiger partial charge in [0.25, 0.3) is 0 Å². The van der Waals surface area contributed by atoms with Gasteiger partial charge in [0.05, 0.1) is 12.0 Å². The molecule has 0 unspecified atom stereocenters. The molecule has 0 aromatic carbocycles. The number of methoxy groups -OCH3 is 1. The average molecular weight is 228 g/mol. The second kappa shape index (κ2) is 6.86. The minimum Gasteiger partial charge on any atom is -0.378 e. The molecule has 0 spiro atoms. The monoisotopic (exact) mass is 228 g/mol. The normalized spacial score (nSPS) is 17.9. The van der Waals surface area contributed by atoms with Crippen LogP contribution < -0.4 is 10.6 Å². The third-order valence-corrected chi connectivity index (χ3v) is 3.23. The highest BCUT2D eigenvalue weighted by Crippen LogP contribution is 2.37. The van der Waals surface area contributed by atoms with Gasteiger partial charge in [-0.15, -0.1) is 0 Å². The predicted molar refractivity (Wildman–Crippen MR) is 64.4 cm³/mol. The van der Waals surface area contributed by atoms with Gasteiger partial charge in [0, 0.05) is 20.2 Å². The van der Waals surface area contributed by atoms with E-state index in [9.17, 15) is 4.79 Å². The largest absolute Gasteiger partial charge is 0.378 e. The molecule has 0 atom stereocenters. The number of ether oxygens (including phenoxy) is 1. The van der Waals surface area contributed by atoms with Crippen molar-refractivity contribution in [2.75, 3.05) is 26.7 Å². The summed E-state index contributed by atoms with van der Waals surface area (Å²) in [6.45, 7) is 4.70. The molecule has 1 aliphatic rings. The molecule has 1 amide bonds. The van der Waals surface area contributed by atoms with Gasteiger partial charge in [0.1, 0.15) is 0 Å². The first kappa shape index (κ1) is 13.5. The fraction of sp³-hybridized carbons (Fsp3) is 0.917. The van der Waals surface area contributed by atoms with Gasteiger partial charge in [-0.05, 0) is 32.2 Å². The van der Waals surface area contributed by atoms with Crippen LogP contribution in [0.15, 0.2) is 0 Å². The molecule has 16 heavy (non-hydrogen) atoms. The lowest BCUT2D eigenvalue weighted by Crippen LogP contribution is -2.44. The number of carbonyl (C=O) groups is 1. The van der Waals surface area contributed by atoms with Crippen molar-refractivity contribution in [3.05, 3.63) is 0 Å². The van der Waals surface area contributed by atoms with Gasteiger partial charge in [-0.25, -0.2) is 0 Å². The third kappa shape index (κ3) is 4.10. The predicted octanol–water partition coefficient (Wildman–Crippen LogP) is 1.06. The molecule has 0 bridgehead atoms. The van der Waals surface area contributed by atoms with Gasteiger partial charge in [0.15, 0.2) is 0 Å². The van der Waals surface area contributed by atoms with Gasteiger partial charge in [-0.2, -0.15) is 0 Å². The van der Waals surface area contributed by atoms with Crippen LogP contribution in [0.1, 0.15) is 39.0 Å². The summed E-state index contributed by atoms with van der Waals surface area (Å²) in [5, 5.41) is 6.17. The van der Waals surface area contributed by atoms with E-state index < -0.39 is 0 Å². The van der Waals surface area contributed by atoms with Crippen molar-refractivity contribution < 1.29 is 9.53 Å². The first-order valence-corrected chi connectivity index (χ1v) is 6.25. The SMILES string of the molecule is CCCNCCNC(=O)CC1(OC)CCC1. The first-order valence-electron chi connectivity index (χ1n) is 6.25. The van der Waals surface area contributed by atoms with Crippen LogP contribution in [0.5, 0.6) is 0 Å². The molecule has 0 aliphatic heterocycles. The molecule has 1 fully saturated rings. The molecule has 1 saturated carbocycles. The summed E-state index contributed by atoms with van der Waals surface area (Å²) in [5.41, 5.74) is -0.152. The summed E-state index contributed by atoms with van der Waals surface area (Å²) in [7, 11) is 1.70. The van der Waals surface area contributed by atoms with Crippen LogP contribution >= 0.6 is 0 Å². The molecule has 0 radical (unpaired) electrons. The Balaban J connectivity index is 2.06. The summed E-state index contributed by atoms with van der Waals surface area (Å²) < 4.78 is 5.41. The van der Waals surface area contributed by atoms with Crippen molar-refractivity contribution in [2.45, 2.75) is 44.6 Å². The average Bonchev–Trinajstić information content (AvgIpc) is 2.23. The molecule has 94 valence electrons. The van der Waals surface area contributed by atoms with Gasteiger partial charge in [-0.1, -0.05) is 6.92 Å². The Bertz CT molecular complexity index is 210. The Morgan fingerprint density at radius 2 is 2.06 bits per heavy atom. The molecule has 2 N–H and O–H groups in total. The van der Waals surface area contributed by atoms with Crippen molar-refractivity contribution in [1.82, 2.24) is 10.6 Å². The lowest BCUT2D eigenvalue weighted by atomic mass is 9.77. The molecular formula is C12H24N2O2. The summed E-state index contributed by atoms with van der Waals surface area (Å²) in [4.78, 5) is 11.6. The first-order chi connectivity index (χ1) is 7.72. The fourth-order valence-electron chi connectivity index (χ4n) is 1.97. The lowest BCUT2D eigenvalue weighted by Gasteiger charge is -2.39. The highest BCUT2D eigenvalue weighted by atomic mass is 16.5. The number of amides is 1. The van der Waals surface area contributed by atoms with Gasteiger partial charge >= 0.3 is 0 Å². The molecule has 1 aliphatic carbocycles. The van der Waals surface area contributed by atoms with Crippen molar-refractivity contribution >= 4 is 5.91 Å². The minimum atomic E-state index is -0.152. The zero-order chi connectivity index (χ0) is 11.9. The summed E-state index contributed by atoms with van der Waals surface area (Å²) in [6.07, 6.45) is 4.85. The zero-order valence-corrected chi connectivity index (χ0v) is 10.5. The standard InChI is InChI=1S/C12H24N2O2/c1-3-7-13-8-9-14-11(15)10-12(16-2)5-4-6-12/h13H,3-10H2,1-2H3,(H,14,15). The summed E-state index contributed by atoms with van der Waals surface area (Å²) in [5.74, 6) is 0.111. The van der Waals surface area contributed by atoms with Crippen LogP contribution in [0.25, 0.3) is 0 Å². The minimum absolute atomic E-state index is 0.111. The van der Waals surface area contributed by atoms with Gasteiger partial charge in [-0.3, -0.25) is 4.79 Å². The highest BCUT2D eigenvalue weighted by Gasteiger charge is 2.38. The van der Waals surface area contributed by atoms with Gasteiger partial charge in [0.2, 0.25) is 5.91 Å². The maximum absolute atomic E-state index is 11.6. The number of hydrogen-bond donors (Lipinski definition) is 2. The molecule has 0 aromatic rings. The molecule has 4 heteroatoms. The van der Waals surface area contributed by atoms with E-state index in [0.717, 1.165) is 32.4 Å². The van der Waals surface area contributed by atoms with Crippen molar-refractivity contribution in [3.63, 3.8) is 0 Å². The van der Waals surface area contributed by atoms with Crippen LogP contribution in [-0.4, -0.2) is 38.3 Å². The van der Waals surface area contributed by atoms with Gasteiger partial charge < -0.3 is 15.4 Å². The molecular weight excluding hydrogens is 204 g/mol. The van der Waals surface area contributed by atoms with E-state index in [4.69, 9.17) is 4.74 Å². The van der Waals surface area contributed by atoms with Crippen LogP contribution in [-0.2, 0) is 9.53 Å². The Hall–Kier alpha value is -0.610. The molecule has 0 saturated heterocycles. The van der Waals surface area contributed by atoms with Crippen LogP contribution in [0, 0.1) is 0 Å². The van der Waals surface area contributed by atoms with E-state index in [1.807, 2.05) is 0 Å². The number of nitrogens with one attached hydrogen (secondary N) is 2. The van der Waals surface area contributed by atoms with Crippen LogP contribution in [0.3, 0.4) is 0 Å². The molecule has 0 aromatic heterocycles. The van der Waals surface area contributed by atoms with Crippen molar-refractivity contribution in [2.24, 2.45) is 0 Å². The second-order valence-corrected chi connectivity index (χ2v) is 4.52. The topological polar surface area (TPSA) is 50.4 Å². The Morgan fingerprint density at radius 3 is 2.56 bits per heavy atom. The quantitative estimate of drug-likeness (QED) is 0.611. The van der Waals surface area contributed by atoms with E-state index in [0.29, 0.717) is 13.0 Å². The molecule has 0 heterocycles. The van der Waals surface area contributed by atoms with Crippen molar-refractivity contribution in [1.29, 1.82) is 0 Å². The Kier molecular flexibility index (Phi) is 5.77. The maximum atomic E-state index is 11.6. The lowest BCUT2D eigenvalue weighted by molar-refractivity contribution is -0.134. The number of hydrogen-bond acceptors (Lipinski definition) is 3. The Labute approximate surface area is 98.1 Å². The fourth-order valence-corrected chi connectivity index (χ4v) is 1.97. The number of carbonyl (C=O) groups excluding carboxylic acids is 1. The Morgan fingerprint density at radius 1 is 1.31 bits per heavy atom. The molecule has 4 nitrogen and oxygen atoms in total.